The van der Waals surface area contributed by atoms with Crippen molar-refractivity contribution in [1.29, 1.82) is 0 Å². The first-order valence-corrected chi connectivity index (χ1v) is 7.01. The zero-order valence-electron chi connectivity index (χ0n) is 11.3. The summed E-state index contributed by atoms with van der Waals surface area (Å²) in [5.74, 6) is 3.29. The van der Waals surface area contributed by atoms with Gasteiger partial charge in [-0.15, -0.1) is 6.42 Å². The van der Waals surface area contributed by atoms with Crippen molar-refractivity contribution in [2.45, 2.75) is 13.1 Å². The highest BCUT2D eigenvalue weighted by Gasteiger charge is 2.05. The fraction of sp³-hybridized carbons (Fsp3) is 0.267. The highest BCUT2D eigenvalue weighted by molar-refractivity contribution is 9.10. The van der Waals surface area contributed by atoms with Crippen molar-refractivity contribution in [3.63, 3.8) is 0 Å². The van der Waals surface area contributed by atoms with E-state index in [0.717, 1.165) is 27.9 Å². The molecule has 104 valence electrons. The summed E-state index contributed by atoms with van der Waals surface area (Å²) in [7, 11) is 1.91. The van der Waals surface area contributed by atoms with Crippen LogP contribution in [0.25, 0.3) is 0 Å². The Balaban J connectivity index is 1.97. The van der Waals surface area contributed by atoms with Gasteiger partial charge < -0.3 is 10.1 Å². The van der Waals surface area contributed by atoms with Crippen LogP contribution in [-0.4, -0.2) is 16.4 Å². The molecule has 20 heavy (non-hydrogen) atoms. The summed E-state index contributed by atoms with van der Waals surface area (Å²) in [4.78, 5) is 0. The number of benzene rings is 1. The Morgan fingerprint density at radius 3 is 3.00 bits per heavy atom. The third kappa shape index (κ3) is 4.12. The Hall–Kier alpha value is -1.77. The van der Waals surface area contributed by atoms with E-state index in [9.17, 15) is 0 Å². The molecule has 0 saturated heterocycles. The molecule has 0 bridgehead atoms. The average Bonchev–Trinajstić information content (AvgIpc) is 2.84. The van der Waals surface area contributed by atoms with Crippen molar-refractivity contribution >= 4 is 15.9 Å². The van der Waals surface area contributed by atoms with Crippen LogP contribution in [0.1, 0.15) is 11.1 Å². The molecule has 1 aromatic carbocycles. The lowest BCUT2D eigenvalue weighted by molar-refractivity contribution is 0.364. The van der Waals surface area contributed by atoms with Gasteiger partial charge >= 0.3 is 0 Å². The standard InChI is InChI=1S/C15H16BrN3O/c1-3-6-20-15-5-4-14(16)7-13(15)10-17-8-12-9-18-19(2)11-12/h1,4-5,7,9,11,17H,6,8,10H2,2H3. The molecule has 1 aromatic heterocycles. The van der Waals surface area contributed by atoms with Gasteiger partial charge in [0.05, 0.1) is 6.20 Å². The van der Waals surface area contributed by atoms with E-state index in [-0.39, 0.29) is 6.61 Å². The van der Waals surface area contributed by atoms with Gasteiger partial charge in [0.2, 0.25) is 0 Å². The predicted octanol–water partition coefficient (Wildman–Crippen LogP) is 2.48. The second kappa shape index (κ2) is 7.13. The topological polar surface area (TPSA) is 39.1 Å². The van der Waals surface area contributed by atoms with E-state index >= 15 is 0 Å². The molecule has 0 aliphatic carbocycles. The van der Waals surface area contributed by atoms with Crippen LogP contribution in [0.3, 0.4) is 0 Å². The zero-order valence-corrected chi connectivity index (χ0v) is 12.9. The first kappa shape index (κ1) is 14.6. The Kier molecular flexibility index (Phi) is 5.22. The van der Waals surface area contributed by atoms with Gasteiger partial charge in [-0.3, -0.25) is 4.68 Å². The lowest BCUT2D eigenvalue weighted by atomic mass is 10.2. The van der Waals surface area contributed by atoms with Crippen molar-refractivity contribution in [2.24, 2.45) is 7.05 Å². The summed E-state index contributed by atoms with van der Waals surface area (Å²) in [5.41, 5.74) is 2.21. The SMILES string of the molecule is C#CCOc1ccc(Br)cc1CNCc1cnn(C)c1. The van der Waals surface area contributed by atoms with Crippen molar-refractivity contribution in [2.75, 3.05) is 6.61 Å². The number of nitrogens with zero attached hydrogens (tertiary/aromatic N) is 2. The van der Waals surface area contributed by atoms with Crippen LogP contribution in [0.4, 0.5) is 0 Å². The van der Waals surface area contributed by atoms with Crippen LogP contribution in [-0.2, 0) is 20.1 Å². The number of rotatable bonds is 6. The number of aryl methyl sites for hydroxylation is 1. The molecule has 1 heterocycles. The van der Waals surface area contributed by atoms with Gasteiger partial charge in [0.15, 0.2) is 0 Å². The maximum Gasteiger partial charge on any atom is 0.148 e. The fourth-order valence-corrected chi connectivity index (χ4v) is 2.26. The molecule has 2 aromatic rings. The number of nitrogens with one attached hydrogen (secondary N) is 1. The monoisotopic (exact) mass is 333 g/mol. The predicted molar refractivity (Wildman–Crippen MR) is 82.2 cm³/mol. The lowest BCUT2D eigenvalue weighted by Gasteiger charge is -2.11. The number of terminal acetylenes is 1. The van der Waals surface area contributed by atoms with E-state index in [2.05, 4.69) is 32.3 Å². The molecule has 1 N–H and O–H groups in total. The van der Waals surface area contributed by atoms with Crippen molar-refractivity contribution in [1.82, 2.24) is 15.1 Å². The number of ether oxygens (including phenoxy) is 1. The summed E-state index contributed by atoms with van der Waals surface area (Å²) in [6.07, 6.45) is 9.07. The van der Waals surface area contributed by atoms with Crippen molar-refractivity contribution in [3.8, 4) is 18.1 Å². The molecule has 4 nitrogen and oxygen atoms in total. The molecule has 0 spiro atoms. The number of hydrogen-bond acceptors (Lipinski definition) is 3. The number of hydrogen-bond donors (Lipinski definition) is 1. The first-order valence-electron chi connectivity index (χ1n) is 6.22. The molecular formula is C15H16BrN3O. The minimum absolute atomic E-state index is 0.275. The average molecular weight is 334 g/mol. The number of aromatic nitrogens is 2. The third-order valence-corrected chi connectivity index (χ3v) is 3.23. The molecule has 0 aliphatic heterocycles. The Morgan fingerprint density at radius 1 is 1.45 bits per heavy atom. The van der Waals surface area contributed by atoms with E-state index < -0.39 is 0 Å². The highest BCUT2D eigenvalue weighted by atomic mass is 79.9. The summed E-state index contributed by atoms with van der Waals surface area (Å²) in [6.45, 7) is 1.74. The van der Waals surface area contributed by atoms with Gasteiger partial charge in [-0.2, -0.15) is 5.10 Å². The molecule has 5 heteroatoms. The maximum absolute atomic E-state index is 5.53. The molecule has 0 amide bonds. The minimum Gasteiger partial charge on any atom is -0.481 e. The van der Waals surface area contributed by atoms with E-state index in [0.29, 0.717) is 6.54 Å². The van der Waals surface area contributed by atoms with Gasteiger partial charge in [-0.25, -0.2) is 0 Å². The molecule has 0 radical (unpaired) electrons. The Labute approximate surface area is 127 Å². The molecule has 2 rings (SSSR count). The van der Waals surface area contributed by atoms with Gasteiger partial charge in [-0.1, -0.05) is 21.9 Å². The van der Waals surface area contributed by atoms with Crippen molar-refractivity contribution < 1.29 is 4.74 Å². The minimum atomic E-state index is 0.275. The second-order valence-electron chi connectivity index (χ2n) is 4.37. The molecular weight excluding hydrogens is 318 g/mol. The van der Waals surface area contributed by atoms with Crippen LogP contribution >= 0.6 is 15.9 Å². The quantitative estimate of drug-likeness (QED) is 0.825. The highest BCUT2D eigenvalue weighted by Crippen LogP contribution is 2.23. The third-order valence-electron chi connectivity index (χ3n) is 2.74. The summed E-state index contributed by atoms with van der Waals surface area (Å²) < 4.78 is 8.34. The van der Waals surface area contributed by atoms with Crippen LogP contribution in [0, 0.1) is 12.3 Å². The smallest absolute Gasteiger partial charge is 0.148 e. The van der Waals surface area contributed by atoms with E-state index in [1.165, 1.54) is 0 Å². The van der Waals surface area contributed by atoms with Crippen LogP contribution in [0.5, 0.6) is 5.75 Å². The summed E-state index contributed by atoms with van der Waals surface area (Å²) in [5, 5.41) is 7.51. The normalized spacial score (nSPS) is 10.2. The van der Waals surface area contributed by atoms with Gasteiger partial charge in [0, 0.05) is 41.9 Å². The van der Waals surface area contributed by atoms with E-state index in [1.54, 1.807) is 4.68 Å². The first-order chi connectivity index (χ1) is 9.69. The largest absolute Gasteiger partial charge is 0.481 e. The lowest BCUT2D eigenvalue weighted by Crippen LogP contribution is -2.13. The van der Waals surface area contributed by atoms with Gasteiger partial charge in [-0.05, 0) is 18.2 Å². The van der Waals surface area contributed by atoms with Gasteiger partial charge in [0.1, 0.15) is 12.4 Å². The Bertz CT molecular complexity index is 616. The van der Waals surface area contributed by atoms with Gasteiger partial charge in [0.25, 0.3) is 0 Å². The molecule has 0 unspecified atom stereocenters. The maximum atomic E-state index is 5.53. The van der Waals surface area contributed by atoms with E-state index in [1.807, 2.05) is 37.6 Å². The molecule has 0 atom stereocenters. The Morgan fingerprint density at radius 2 is 2.30 bits per heavy atom. The molecule has 0 fully saturated rings. The molecule has 0 aliphatic rings. The van der Waals surface area contributed by atoms with Crippen molar-refractivity contribution in [3.05, 3.63) is 46.2 Å². The summed E-state index contributed by atoms with van der Waals surface area (Å²) >= 11 is 3.47. The van der Waals surface area contributed by atoms with Crippen LogP contribution in [0.15, 0.2) is 35.1 Å². The van der Waals surface area contributed by atoms with Crippen LogP contribution < -0.4 is 10.1 Å². The zero-order chi connectivity index (χ0) is 14.4. The van der Waals surface area contributed by atoms with E-state index in [4.69, 9.17) is 11.2 Å². The molecule has 0 saturated carbocycles. The fourth-order valence-electron chi connectivity index (χ4n) is 1.85. The number of halogens is 1. The van der Waals surface area contributed by atoms with Crippen LogP contribution in [0.2, 0.25) is 0 Å². The summed E-state index contributed by atoms with van der Waals surface area (Å²) in [6, 6.07) is 5.89. The second-order valence-corrected chi connectivity index (χ2v) is 5.29.